The van der Waals surface area contributed by atoms with Gasteiger partial charge in [0, 0.05) is 25.0 Å². The number of para-hydroxylation sites is 1. The first kappa shape index (κ1) is 31.4. The number of nitrogens with zero attached hydrogens (tertiary/aromatic N) is 2. The van der Waals surface area contributed by atoms with Gasteiger partial charge in [0.05, 0.1) is 20.6 Å². The van der Waals surface area contributed by atoms with E-state index in [1.54, 1.807) is 48.5 Å². The summed E-state index contributed by atoms with van der Waals surface area (Å²) < 4.78 is 28.8. The van der Waals surface area contributed by atoms with Gasteiger partial charge in [0.15, 0.2) is 0 Å². The van der Waals surface area contributed by atoms with Crippen LogP contribution in [0.2, 0.25) is 15.1 Å². The Labute approximate surface area is 260 Å². The minimum atomic E-state index is -4.21. The number of carbonyl (C=O) groups excluding carboxylic acids is 2. The second-order valence-corrected chi connectivity index (χ2v) is 12.5. The Hall–Kier alpha value is -3.56. The predicted octanol–water partition coefficient (Wildman–Crippen LogP) is 6.23. The van der Waals surface area contributed by atoms with Crippen LogP contribution in [0.5, 0.6) is 0 Å². The Kier molecular flexibility index (Phi) is 10.5. The zero-order valence-electron chi connectivity index (χ0n) is 22.6. The van der Waals surface area contributed by atoms with Crippen molar-refractivity contribution in [2.75, 3.05) is 17.9 Å². The van der Waals surface area contributed by atoms with Crippen molar-refractivity contribution in [3.63, 3.8) is 0 Å². The maximum atomic E-state index is 14.2. The lowest BCUT2D eigenvalue weighted by molar-refractivity contribution is -0.139. The van der Waals surface area contributed by atoms with Crippen LogP contribution in [0.15, 0.2) is 108 Å². The van der Waals surface area contributed by atoms with Gasteiger partial charge in [0.25, 0.3) is 10.0 Å². The highest BCUT2D eigenvalue weighted by Gasteiger charge is 2.34. The van der Waals surface area contributed by atoms with E-state index >= 15 is 0 Å². The third-order valence-corrected chi connectivity index (χ3v) is 9.36. The summed E-state index contributed by atoms with van der Waals surface area (Å²) in [6.07, 6.45) is 0.197. The highest BCUT2D eigenvalue weighted by atomic mass is 35.5. The summed E-state index contributed by atoms with van der Waals surface area (Å²) in [6.45, 7) is -0.594. The molecule has 218 valence electrons. The van der Waals surface area contributed by atoms with Crippen LogP contribution >= 0.6 is 34.8 Å². The van der Waals surface area contributed by atoms with E-state index in [-0.39, 0.29) is 28.6 Å². The third-order valence-electron chi connectivity index (χ3n) is 6.58. The first-order valence-corrected chi connectivity index (χ1v) is 15.5. The first-order valence-electron chi connectivity index (χ1n) is 12.9. The number of sulfonamides is 1. The van der Waals surface area contributed by atoms with Gasteiger partial charge in [-0.3, -0.25) is 13.9 Å². The fraction of sp³-hybridized carbons (Fsp3) is 0.161. The van der Waals surface area contributed by atoms with Gasteiger partial charge < -0.3 is 10.2 Å². The SMILES string of the molecule is CNC(=O)[C@H](Cc1ccccc1)N(Cc1ccc(Cl)c(Cl)c1)C(=O)CN(c1ccccc1)S(=O)(=O)c1ccc(Cl)cc1. The van der Waals surface area contributed by atoms with E-state index in [9.17, 15) is 18.0 Å². The largest absolute Gasteiger partial charge is 0.357 e. The number of likely N-dealkylation sites (N-methyl/N-ethyl adjacent to an activating group) is 1. The van der Waals surface area contributed by atoms with Gasteiger partial charge in [-0.1, -0.05) is 89.4 Å². The maximum Gasteiger partial charge on any atom is 0.264 e. The highest BCUT2D eigenvalue weighted by molar-refractivity contribution is 7.92. The Balaban J connectivity index is 1.78. The second kappa shape index (κ2) is 14.1. The van der Waals surface area contributed by atoms with Crippen LogP contribution < -0.4 is 9.62 Å². The van der Waals surface area contributed by atoms with Crippen LogP contribution in [0.25, 0.3) is 0 Å². The third kappa shape index (κ3) is 7.63. The minimum Gasteiger partial charge on any atom is -0.357 e. The lowest BCUT2D eigenvalue weighted by Crippen LogP contribution is -2.53. The molecule has 11 heteroatoms. The number of rotatable bonds is 11. The molecule has 0 aromatic heterocycles. The van der Waals surface area contributed by atoms with Crippen molar-refractivity contribution >= 4 is 62.3 Å². The number of nitrogens with one attached hydrogen (secondary N) is 1. The molecule has 1 N–H and O–H groups in total. The number of carbonyl (C=O) groups is 2. The van der Waals surface area contributed by atoms with E-state index in [0.29, 0.717) is 15.6 Å². The number of hydrogen-bond donors (Lipinski definition) is 1. The number of amides is 2. The summed E-state index contributed by atoms with van der Waals surface area (Å²) in [7, 11) is -2.72. The lowest BCUT2D eigenvalue weighted by Gasteiger charge is -2.33. The summed E-state index contributed by atoms with van der Waals surface area (Å²) in [6, 6.07) is 27.3. The minimum absolute atomic E-state index is 0.0235. The monoisotopic (exact) mass is 643 g/mol. The molecule has 4 rings (SSSR count). The molecule has 1 atom stereocenters. The van der Waals surface area contributed by atoms with E-state index in [4.69, 9.17) is 34.8 Å². The van der Waals surface area contributed by atoms with Crippen molar-refractivity contribution in [1.29, 1.82) is 0 Å². The van der Waals surface area contributed by atoms with Crippen molar-refractivity contribution < 1.29 is 18.0 Å². The molecule has 2 amide bonds. The number of benzene rings is 4. The van der Waals surface area contributed by atoms with E-state index in [0.717, 1.165) is 9.87 Å². The number of hydrogen-bond acceptors (Lipinski definition) is 4. The predicted molar refractivity (Wildman–Crippen MR) is 167 cm³/mol. The summed E-state index contributed by atoms with van der Waals surface area (Å²) in [5, 5.41) is 3.65. The molecule has 4 aromatic rings. The molecular formula is C31H28Cl3N3O4S. The molecule has 0 aliphatic heterocycles. The van der Waals surface area contributed by atoms with Gasteiger partial charge in [-0.15, -0.1) is 0 Å². The lowest BCUT2D eigenvalue weighted by atomic mass is 10.0. The van der Waals surface area contributed by atoms with E-state index in [2.05, 4.69) is 5.32 Å². The van der Waals surface area contributed by atoms with Gasteiger partial charge >= 0.3 is 0 Å². The maximum absolute atomic E-state index is 14.2. The van der Waals surface area contributed by atoms with Crippen molar-refractivity contribution in [2.24, 2.45) is 0 Å². The average Bonchev–Trinajstić information content (AvgIpc) is 3.00. The molecule has 0 saturated carbocycles. The standard InChI is InChI=1S/C31H28Cl3N3O4S/c1-35-31(39)29(19-22-8-4-2-5-9-22)36(20-23-12-17-27(33)28(34)18-23)30(38)21-37(25-10-6-3-7-11-25)42(40,41)26-15-13-24(32)14-16-26/h2-18,29H,19-21H2,1H3,(H,35,39)/t29-/m0/s1. The first-order chi connectivity index (χ1) is 20.1. The van der Waals surface area contributed by atoms with Crippen LogP contribution in [0, 0.1) is 0 Å². The smallest absolute Gasteiger partial charge is 0.264 e. The molecule has 0 aliphatic carbocycles. The van der Waals surface area contributed by atoms with Crippen LogP contribution in [0.4, 0.5) is 5.69 Å². The van der Waals surface area contributed by atoms with Gasteiger partial charge in [0.1, 0.15) is 12.6 Å². The average molecular weight is 645 g/mol. The molecule has 0 spiro atoms. The Morgan fingerprint density at radius 3 is 2.00 bits per heavy atom. The van der Waals surface area contributed by atoms with E-state index in [1.165, 1.54) is 36.2 Å². The van der Waals surface area contributed by atoms with Crippen LogP contribution in [-0.4, -0.2) is 44.8 Å². The molecule has 0 heterocycles. The molecule has 42 heavy (non-hydrogen) atoms. The van der Waals surface area contributed by atoms with Crippen LogP contribution in [0.3, 0.4) is 0 Å². The van der Waals surface area contributed by atoms with Crippen LogP contribution in [0.1, 0.15) is 11.1 Å². The van der Waals surface area contributed by atoms with Crippen molar-refractivity contribution in [1.82, 2.24) is 10.2 Å². The molecular weight excluding hydrogens is 617 g/mol. The number of halogens is 3. The van der Waals surface area contributed by atoms with Crippen molar-refractivity contribution in [2.45, 2.75) is 23.9 Å². The quantitative estimate of drug-likeness (QED) is 0.210. The molecule has 4 aromatic carbocycles. The van der Waals surface area contributed by atoms with Gasteiger partial charge in [-0.2, -0.15) is 0 Å². The van der Waals surface area contributed by atoms with E-state index < -0.39 is 34.4 Å². The zero-order chi connectivity index (χ0) is 30.3. The topological polar surface area (TPSA) is 86.8 Å². The summed E-state index contributed by atoms with van der Waals surface area (Å²) in [4.78, 5) is 28.8. The van der Waals surface area contributed by atoms with Crippen LogP contribution in [-0.2, 0) is 32.6 Å². The fourth-order valence-corrected chi connectivity index (χ4v) is 6.27. The zero-order valence-corrected chi connectivity index (χ0v) is 25.7. The molecule has 0 bridgehead atoms. The van der Waals surface area contributed by atoms with Crippen molar-refractivity contribution in [3.8, 4) is 0 Å². The summed E-state index contributed by atoms with van der Waals surface area (Å²) in [5.74, 6) is -0.994. The molecule has 7 nitrogen and oxygen atoms in total. The van der Waals surface area contributed by atoms with Gasteiger partial charge in [-0.05, 0) is 59.7 Å². The molecule has 0 saturated heterocycles. The summed E-state index contributed by atoms with van der Waals surface area (Å²) in [5.41, 5.74) is 1.73. The normalized spacial score (nSPS) is 11.9. The van der Waals surface area contributed by atoms with Gasteiger partial charge in [-0.25, -0.2) is 8.42 Å². The Morgan fingerprint density at radius 1 is 0.786 bits per heavy atom. The second-order valence-electron chi connectivity index (χ2n) is 9.39. The fourth-order valence-electron chi connectivity index (χ4n) is 4.41. The number of anilines is 1. The molecule has 0 aliphatic rings. The molecule has 0 fully saturated rings. The van der Waals surface area contributed by atoms with Gasteiger partial charge in [0.2, 0.25) is 11.8 Å². The van der Waals surface area contributed by atoms with E-state index in [1.807, 2.05) is 30.3 Å². The Bertz CT molecular complexity index is 1640. The van der Waals surface area contributed by atoms with Crippen molar-refractivity contribution in [3.05, 3.63) is 129 Å². The summed E-state index contributed by atoms with van der Waals surface area (Å²) >= 11 is 18.4. The molecule has 0 radical (unpaired) electrons. The molecule has 0 unspecified atom stereocenters. The Morgan fingerprint density at radius 2 is 1.40 bits per heavy atom. The highest BCUT2D eigenvalue weighted by Crippen LogP contribution is 2.27.